The summed E-state index contributed by atoms with van der Waals surface area (Å²) in [6.07, 6.45) is 5.10. The van der Waals surface area contributed by atoms with Crippen molar-refractivity contribution in [2.75, 3.05) is 0 Å². The van der Waals surface area contributed by atoms with Crippen molar-refractivity contribution in [3.05, 3.63) is 83.9 Å². The van der Waals surface area contributed by atoms with Crippen LogP contribution in [-0.4, -0.2) is 0 Å². The molecule has 0 heteroatoms. The molecule has 0 saturated carbocycles. The number of aryl methyl sites for hydroxylation is 2. The highest BCUT2D eigenvalue weighted by molar-refractivity contribution is 6.44. The zero-order valence-electron chi connectivity index (χ0n) is 16.8. The third-order valence-electron chi connectivity index (χ3n) is 7.69. The molecule has 8 rings (SSSR count). The lowest BCUT2D eigenvalue weighted by Gasteiger charge is -2.22. The van der Waals surface area contributed by atoms with E-state index in [2.05, 4.69) is 72.8 Å². The second-order valence-corrected chi connectivity index (χ2v) is 9.16. The van der Waals surface area contributed by atoms with Gasteiger partial charge in [-0.3, -0.25) is 0 Å². The highest BCUT2D eigenvalue weighted by Crippen LogP contribution is 2.48. The zero-order chi connectivity index (χ0) is 19.4. The lowest BCUT2D eigenvalue weighted by Crippen LogP contribution is -2.02. The zero-order valence-corrected chi connectivity index (χ0v) is 16.8. The minimum Gasteiger partial charge on any atom is -0.0610 e. The molecule has 0 atom stereocenters. The van der Waals surface area contributed by atoms with E-state index in [1.165, 1.54) is 90.3 Å². The first-order valence-corrected chi connectivity index (χ1v) is 11.2. The summed E-state index contributed by atoms with van der Waals surface area (Å²) in [5.41, 5.74) is 3.14. The Kier molecular flexibility index (Phi) is 2.68. The van der Waals surface area contributed by atoms with Crippen LogP contribution in [0.1, 0.15) is 24.0 Å². The first-order chi connectivity index (χ1) is 14.9. The number of hydrogen-bond donors (Lipinski definition) is 0. The molecule has 0 bridgehead atoms. The molecule has 1 aliphatic rings. The molecule has 0 nitrogen and oxygen atoms in total. The number of hydrogen-bond acceptors (Lipinski definition) is 0. The lowest BCUT2D eigenvalue weighted by atomic mass is 9.81. The minimum atomic E-state index is 1.23. The Morgan fingerprint density at radius 2 is 0.867 bits per heavy atom. The van der Waals surface area contributed by atoms with E-state index in [1.54, 1.807) is 11.1 Å². The van der Waals surface area contributed by atoms with Gasteiger partial charge in [-0.25, -0.2) is 0 Å². The van der Waals surface area contributed by atoms with Gasteiger partial charge in [0.15, 0.2) is 0 Å². The molecular formula is C30H20. The Balaban J connectivity index is 1.79. The minimum absolute atomic E-state index is 1.23. The Labute approximate surface area is 174 Å². The Morgan fingerprint density at radius 3 is 1.37 bits per heavy atom. The van der Waals surface area contributed by atoms with Gasteiger partial charge in [-0.1, -0.05) is 72.8 Å². The van der Waals surface area contributed by atoms with Crippen LogP contribution in [0, 0.1) is 0 Å². The van der Waals surface area contributed by atoms with Crippen LogP contribution in [0.2, 0.25) is 0 Å². The topological polar surface area (TPSA) is 0 Å². The molecule has 0 spiro atoms. The summed E-state index contributed by atoms with van der Waals surface area (Å²) in [6, 6.07) is 28.1. The SMILES string of the molecule is c1cc2ccc3c4cc5c(cc4c4ccc6cccc7c(c1)c2c3c4c67)CCCC5. The third-order valence-corrected chi connectivity index (χ3v) is 7.69. The lowest BCUT2D eigenvalue weighted by molar-refractivity contribution is 0.687. The Morgan fingerprint density at radius 1 is 0.400 bits per heavy atom. The van der Waals surface area contributed by atoms with Gasteiger partial charge in [0, 0.05) is 0 Å². The van der Waals surface area contributed by atoms with Crippen molar-refractivity contribution in [1.29, 1.82) is 0 Å². The summed E-state index contributed by atoms with van der Waals surface area (Å²) in [5.74, 6) is 0. The fourth-order valence-corrected chi connectivity index (χ4v) is 6.41. The smallest absolute Gasteiger partial charge is 0.000763 e. The predicted molar refractivity (Wildman–Crippen MR) is 130 cm³/mol. The highest BCUT2D eigenvalue weighted by atomic mass is 14.2. The molecular weight excluding hydrogens is 360 g/mol. The van der Waals surface area contributed by atoms with Crippen LogP contribution >= 0.6 is 0 Å². The van der Waals surface area contributed by atoms with Crippen LogP contribution in [0.4, 0.5) is 0 Å². The van der Waals surface area contributed by atoms with Crippen molar-refractivity contribution in [3.8, 4) is 0 Å². The molecule has 0 fully saturated rings. The second-order valence-electron chi connectivity index (χ2n) is 9.16. The largest absolute Gasteiger partial charge is 0.0610 e. The van der Waals surface area contributed by atoms with Crippen molar-refractivity contribution in [3.63, 3.8) is 0 Å². The van der Waals surface area contributed by atoms with Crippen LogP contribution in [0.15, 0.2) is 72.8 Å². The summed E-state index contributed by atoms with van der Waals surface area (Å²) in [6.45, 7) is 0. The molecule has 30 heavy (non-hydrogen) atoms. The van der Waals surface area contributed by atoms with Gasteiger partial charge in [0.05, 0.1) is 0 Å². The van der Waals surface area contributed by atoms with Gasteiger partial charge in [0.1, 0.15) is 0 Å². The number of rotatable bonds is 0. The van der Waals surface area contributed by atoms with Gasteiger partial charge in [-0.2, -0.15) is 0 Å². The fraction of sp³-hybridized carbons (Fsp3) is 0.133. The molecule has 7 aromatic rings. The summed E-state index contributed by atoms with van der Waals surface area (Å²) >= 11 is 0. The highest BCUT2D eigenvalue weighted by Gasteiger charge is 2.20. The van der Waals surface area contributed by atoms with Gasteiger partial charge in [0.25, 0.3) is 0 Å². The molecule has 140 valence electrons. The number of fused-ring (bicyclic) bond motifs is 5. The summed E-state index contributed by atoms with van der Waals surface area (Å²) in [7, 11) is 0. The van der Waals surface area contributed by atoms with E-state index in [4.69, 9.17) is 0 Å². The van der Waals surface area contributed by atoms with Crippen LogP contribution < -0.4 is 0 Å². The Bertz CT molecular complexity index is 1650. The van der Waals surface area contributed by atoms with Crippen molar-refractivity contribution >= 4 is 64.6 Å². The average Bonchev–Trinajstić information content (AvgIpc) is 2.81. The van der Waals surface area contributed by atoms with Crippen LogP contribution in [-0.2, 0) is 12.8 Å². The Hall–Kier alpha value is -3.38. The molecule has 0 aromatic heterocycles. The molecule has 0 aliphatic heterocycles. The quantitative estimate of drug-likeness (QED) is 0.183. The monoisotopic (exact) mass is 380 g/mol. The second kappa shape index (κ2) is 5.21. The molecule has 0 N–H and O–H groups in total. The van der Waals surface area contributed by atoms with E-state index in [0.717, 1.165) is 0 Å². The van der Waals surface area contributed by atoms with E-state index in [1.807, 2.05) is 0 Å². The first kappa shape index (κ1) is 15.5. The molecule has 1 aliphatic carbocycles. The summed E-state index contributed by atoms with van der Waals surface area (Å²) in [5, 5.41) is 17.0. The standard InChI is InChI=1S/C30H20/c1-2-6-20-16-26-24-14-12-18-8-4-10-22-21-9-3-7-17-11-13-23(25(26)15-19(20)5-1)29(27(17)21)30(24)28(18)22/h3-4,7-16H,1-2,5-6H2. The molecule has 0 heterocycles. The van der Waals surface area contributed by atoms with Gasteiger partial charge >= 0.3 is 0 Å². The normalized spacial score (nSPS) is 14.8. The van der Waals surface area contributed by atoms with E-state index in [9.17, 15) is 0 Å². The van der Waals surface area contributed by atoms with Gasteiger partial charge in [-0.15, -0.1) is 0 Å². The van der Waals surface area contributed by atoms with Gasteiger partial charge in [-0.05, 0) is 101 Å². The third kappa shape index (κ3) is 1.71. The van der Waals surface area contributed by atoms with E-state index in [-0.39, 0.29) is 0 Å². The average molecular weight is 380 g/mol. The van der Waals surface area contributed by atoms with Crippen LogP contribution in [0.25, 0.3) is 64.6 Å². The molecule has 0 unspecified atom stereocenters. The maximum atomic E-state index is 2.53. The summed E-state index contributed by atoms with van der Waals surface area (Å²) < 4.78 is 0. The first-order valence-electron chi connectivity index (χ1n) is 11.2. The molecule has 0 radical (unpaired) electrons. The predicted octanol–water partition coefficient (Wildman–Crippen LogP) is 8.36. The fourth-order valence-electron chi connectivity index (χ4n) is 6.41. The number of benzene rings is 7. The summed E-state index contributed by atoms with van der Waals surface area (Å²) in [4.78, 5) is 0. The van der Waals surface area contributed by atoms with Crippen molar-refractivity contribution in [2.45, 2.75) is 25.7 Å². The molecule has 7 aromatic carbocycles. The molecule has 0 amide bonds. The van der Waals surface area contributed by atoms with E-state index < -0.39 is 0 Å². The van der Waals surface area contributed by atoms with Gasteiger partial charge < -0.3 is 0 Å². The van der Waals surface area contributed by atoms with Crippen LogP contribution in [0.3, 0.4) is 0 Å². The van der Waals surface area contributed by atoms with E-state index >= 15 is 0 Å². The van der Waals surface area contributed by atoms with Crippen molar-refractivity contribution in [1.82, 2.24) is 0 Å². The van der Waals surface area contributed by atoms with Crippen LogP contribution in [0.5, 0.6) is 0 Å². The maximum Gasteiger partial charge on any atom is -0.000763 e. The maximum absolute atomic E-state index is 2.53. The van der Waals surface area contributed by atoms with Crippen molar-refractivity contribution in [2.24, 2.45) is 0 Å². The molecule has 0 saturated heterocycles. The van der Waals surface area contributed by atoms with E-state index in [0.29, 0.717) is 0 Å². The van der Waals surface area contributed by atoms with Gasteiger partial charge in [0.2, 0.25) is 0 Å². The van der Waals surface area contributed by atoms with Crippen molar-refractivity contribution < 1.29 is 0 Å².